The van der Waals surface area contributed by atoms with Crippen molar-refractivity contribution in [2.24, 2.45) is 0 Å². The van der Waals surface area contributed by atoms with Crippen LogP contribution >= 0.6 is 11.3 Å². The topological polar surface area (TPSA) is 121 Å². The maximum absolute atomic E-state index is 12.7. The third-order valence-electron chi connectivity index (χ3n) is 6.06. The summed E-state index contributed by atoms with van der Waals surface area (Å²) in [5.74, 6) is -0.950. The smallest absolute Gasteiger partial charge is 0.331 e. The molecule has 0 spiro atoms. The Morgan fingerprint density at radius 3 is 2.63 bits per heavy atom. The Labute approximate surface area is 250 Å². The fraction of sp³-hybridized carbons (Fsp3) is 0.500. The maximum atomic E-state index is 12.7. The number of nitrogens with one attached hydrogen (secondary N) is 1. The molecule has 0 saturated carbocycles. The molecule has 4 atom stereocenters. The first kappa shape index (κ1) is 34.5. The third kappa shape index (κ3) is 15.2. The first-order valence-corrected chi connectivity index (χ1v) is 15.6. The van der Waals surface area contributed by atoms with Gasteiger partial charge in [-0.1, -0.05) is 47.1 Å². The first-order valence-electron chi connectivity index (χ1n) is 13.6. The molecule has 0 fully saturated rings. The third-order valence-corrected chi connectivity index (χ3v) is 7.50. The van der Waals surface area contributed by atoms with E-state index in [0.29, 0.717) is 25.7 Å². The molecular formula is C30H42N3O6S2-. The molecule has 9 nitrogen and oxygen atoms in total. The monoisotopic (exact) mass is 604 g/mol. The summed E-state index contributed by atoms with van der Waals surface area (Å²) >= 11 is -1.07. The zero-order valence-electron chi connectivity index (χ0n) is 24.8. The largest absolute Gasteiger partial charge is 0.760 e. The van der Waals surface area contributed by atoms with Crippen molar-refractivity contribution in [3.05, 3.63) is 75.3 Å². The van der Waals surface area contributed by atoms with Gasteiger partial charge in [0.25, 0.3) is 0 Å². The molecule has 41 heavy (non-hydrogen) atoms. The summed E-state index contributed by atoms with van der Waals surface area (Å²) in [6.45, 7) is 8.50. The summed E-state index contributed by atoms with van der Waals surface area (Å²) in [4.78, 5) is 31.9. The van der Waals surface area contributed by atoms with Crippen molar-refractivity contribution in [2.45, 2.75) is 78.0 Å². The highest BCUT2D eigenvalue weighted by Gasteiger charge is 2.19. The Morgan fingerprint density at radius 1 is 1.20 bits per heavy atom. The van der Waals surface area contributed by atoms with Crippen LogP contribution in [0.2, 0.25) is 0 Å². The lowest BCUT2D eigenvalue weighted by atomic mass is 10.1. The second-order valence-corrected chi connectivity index (χ2v) is 12.2. The molecule has 1 aliphatic rings. The molecule has 1 aromatic rings. The lowest BCUT2D eigenvalue weighted by Gasteiger charge is -2.20. The number of aromatic nitrogens is 1. The Hall–Kier alpha value is -2.70. The number of likely N-dealkylation sites (N-methyl/N-ethyl adjacent to an activating group) is 1. The molecule has 1 N–H and O–H groups in total. The van der Waals surface area contributed by atoms with E-state index in [9.17, 15) is 18.4 Å². The van der Waals surface area contributed by atoms with Crippen LogP contribution in [0, 0.1) is 0 Å². The summed E-state index contributed by atoms with van der Waals surface area (Å²) in [7, 11) is 4.03. The van der Waals surface area contributed by atoms with Crippen LogP contribution in [0.25, 0.3) is 0 Å². The average Bonchev–Trinajstić information content (AvgIpc) is 3.30. The number of ether oxygens (including phenoxy) is 2. The molecule has 2 heterocycles. The van der Waals surface area contributed by atoms with Gasteiger partial charge in [0, 0.05) is 48.2 Å². The SMILES string of the molecule is CC(/C=C/C(C)=C/[C@@H]1Cc2nc(cs2)CC[C@@H](NS(=O)[O-])CC(=O)O[C@@H](C)C/C(C)=C/C=C\C(=O)O1)=C\CN(C)C. The van der Waals surface area contributed by atoms with Crippen LogP contribution < -0.4 is 4.72 Å². The summed E-state index contributed by atoms with van der Waals surface area (Å²) in [5.41, 5.74) is 3.77. The van der Waals surface area contributed by atoms with Crippen LogP contribution in [0.3, 0.4) is 0 Å². The van der Waals surface area contributed by atoms with Gasteiger partial charge in [-0.2, -0.15) is 0 Å². The lowest BCUT2D eigenvalue weighted by Crippen LogP contribution is -2.34. The Kier molecular flexibility index (Phi) is 15.1. The number of hydrogen-bond donors (Lipinski definition) is 1. The van der Waals surface area contributed by atoms with Gasteiger partial charge < -0.3 is 18.9 Å². The second kappa shape index (κ2) is 18.0. The number of thiazole rings is 1. The van der Waals surface area contributed by atoms with Gasteiger partial charge in [0.2, 0.25) is 0 Å². The highest BCUT2D eigenvalue weighted by Crippen LogP contribution is 2.19. The van der Waals surface area contributed by atoms with Gasteiger partial charge in [-0.25, -0.2) is 14.5 Å². The van der Waals surface area contributed by atoms with E-state index in [1.165, 1.54) is 17.4 Å². The number of hydrogen-bond acceptors (Lipinski definition) is 9. The molecule has 0 aliphatic carbocycles. The summed E-state index contributed by atoms with van der Waals surface area (Å²) in [5, 5.41) is 2.69. The van der Waals surface area contributed by atoms with Crippen molar-refractivity contribution in [1.29, 1.82) is 0 Å². The van der Waals surface area contributed by atoms with Crippen LogP contribution in [0.4, 0.5) is 0 Å². The van der Waals surface area contributed by atoms with Crippen molar-refractivity contribution >= 4 is 34.5 Å². The normalized spacial score (nSPS) is 25.5. The van der Waals surface area contributed by atoms with Crippen molar-refractivity contribution in [3.63, 3.8) is 0 Å². The standard InChI is InChI=1S/C30H43N3O6S2/c1-21(14-15-33(5)6)10-11-23(3)17-27-19-28-31-26(20-40-28)13-12-25(32-41(36)37)18-30(35)38-24(4)16-22(2)8-7-9-29(34)39-27/h7-11,14,17,20,24-25,27,32H,12-13,15-16,18-19H2,1-6H3,(H,36,37)/p-1/b9-7-,11-10+,21-14+,22-8+,23-17+/t24-,25+,27+/m0/s1. The van der Waals surface area contributed by atoms with E-state index in [2.05, 4.69) is 20.7 Å². The molecular weight excluding hydrogens is 562 g/mol. The summed E-state index contributed by atoms with van der Waals surface area (Å²) in [6, 6.07) is -0.610. The van der Waals surface area contributed by atoms with Crippen molar-refractivity contribution < 1.29 is 27.8 Å². The van der Waals surface area contributed by atoms with E-state index < -0.39 is 41.5 Å². The van der Waals surface area contributed by atoms with Crippen LogP contribution in [-0.4, -0.2) is 69.5 Å². The fourth-order valence-electron chi connectivity index (χ4n) is 4.05. The van der Waals surface area contributed by atoms with Gasteiger partial charge in [-0.15, -0.1) is 11.3 Å². The Morgan fingerprint density at radius 2 is 1.93 bits per heavy atom. The zero-order valence-corrected chi connectivity index (χ0v) is 26.4. The molecule has 2 bridgehead atoms. The number of esters is 2. The van der Waals surface area contributed by atoms with Crippen molar-refractivity contribution in [1.82, 2.24) is 14.6 Å². The van der Waals surface area contributed by atoms with E-state index in [-0.39, 0.29) is 6.42 Å². The summed E-state index contributed by atoms with van der Waals surface area (Å²) in [6.07, 6.45) is 13.6. The van der Waals surface area contributed by atoms with E-state index in [4.69, 9.17) is 9.47 Å². The van der Waals surface area contributed by atoms with Gasteiger partial charge >= 0.3 is 11.9 Å². The number of cyclic esters (lactones) is 2. The van der Waals surface area contributed by atoms with Gasteiger partial charge in [0.05, 0.1) is 17.1 Å². The average molecular weight is 605 g/mol. The minimum Gasteiger partial charge on any atom is -0.760 e. The molecule has 1 aromatic heterocycles. The van der Waals surface area contributed by atoms with Crippen molar-refractivity contribution in [3.8, 4) is 0 Å². The van der Waals surface area contributed by atoms with Crippen LogP contribution in [-0.2, 0) is 43.2 Å². The molecule has 1 unspecified atom stereocenters. The number of carbonyl (C=O) groups excluding carboxylic acids is 2. The molecule has 11 heteroatoms. The molecule has 1 aliphatic heterocycles. The van der Waals surface area contributed by atoms with Crippen LogP contribution in [0.1, 0.15) is 57.7 Å². The summed E-state index contributed by atoms with van der Waals surface area (Å²) < 4.78 is 36.4. The molecule has 0 amide bonds. The Balaban J connectivity index is 2.30. The number of nitrogens with zero attached hydrogens (tertiary/aromatic N) is 2. The lowest BCUT2D eigenvalue weighted by molar-refractivity contribution is -0.148. The maximum Gasteiger partial charge on any atom is 0.331 e. The highest BCUT2D eigenvalue weighted by atomic mass is 32.2. The predicted molar refractivity (Wildman–Crippen MR) is 163 cm³/mol. The van der Waals surface area contributed by atoms with Gasteiger partial charge in [-0.05, 0) is 60.7 Å². The van der Waals surface area contributed by atoms with Crippen molar-refractivity contribution in [2.75, 3.05) is 20.6 Å². The number of aryl methyl sites for hydroxylation is 1. The van der Waals surface area contributed by atoms with Gasteiger partial charge in [-0.3, -0.25) is 9.00 Å². The van der Waals surface area contributed by atoms with E-state index in [1.54, 1.807) is 19.1 Å². The number of fused-ring (bicyclic) bond motifs is 2. The van der Waals surface area contributed by atoms with Gasteiger partial charge in [0.1, 0.15) is 12.2 Å². The minimum absolute atomic E-state index is 0.0796. The molecule has 0 saturated heterocycles. The molecule has 2 rings (SSSR count). The number of rotatable bonds is 7. The Bertz CT molecular complexity index is 1200. The van der Waals surface area contributed by atoms with E-state index in [1.807, 2.05) is 58.5 Å². The van der Waals surface area contributed by atoms with E-state index >= 15 is 0 Å². The molecule has 226 valence electrons. The highest BCUT2D eigenvalue weighted by molar-refractivity contribution is 7.77. The zero-order chi connectivity index (χ0) is 30.4. The quantitative estimate of drug-likeness (QED) is 0.274. The van der Waals surface area contributed by atoms with Crippen LogP contribution in [0.5, 0.6) is 0 Å². The number of carbonyl (C=O) groups is 2. The fourth-order valence-corrected chi connectivity index (χ4v) is 5.39. The van der Waals surface area contributed by atoms with E-state index in [0.717, 1.165) is 34.0 Å². The minimum atomic E-state index is -2.52. The van der Waals surface area contributed by atoms with Crippen LogP contribution in [0.15, 0.2) is 64.6 Å². The second-order valence-electron chi connectivity index (χ2n) is 10.5. The number of allylic oxidation sites excluding steroid dienone is 6. The molecule has 0 radical (unpaired) electrons. The first-order chi connectivity index (χ1) is 19.4. The predicted octanol–water partition coefficient (Wildman–Crippen LogP) is 4.52. The molecule has 0 aromatic carbocycles. The van der Waals surface area contributed by atoms with Gasteiger partial charge in [0.15, 0.2) is 0 Å².